The van der Waals surface area contributed by atoms with Crippen molar-refractivity contribution in [3.05, 3.63) is 17.7 Å². The molecular formula is C18H26N4O3. The third-order valence-electron chi connectivity index (χ3n) is 5.61. The van der Waals surface area contributed by atoms with Crippen molar-refractivity contribution in [1.82, 2.24) is 19.4 Å². The monoisotopic (exact) mass is 346 g/mol. The third-order valence-corrected chi connectivity index (χ3v) is 5.61. The highest BCUT2D eigenvalue weighted by Gasteiger charge is 2.32. The van der Waals surface area contributed by atoms with Crippen LogP contribution in [0.3, 0.4) is 0 Å². The van der Waals surface area contributed by atoms with Gasteiger partial charge in [-0.15, -0.1) is 0 Å². The second-order valence-electron chi connectivity index (χ2n) is 7.22. The van der Waals surface area contributed by atoms with Gasteiger partial charge >= 0.3 is 0 Å². The summed E-state index contributed by atoms with van der Waals surface area (Å²) >= 11 is 0. The first kappa shape index (κ1) is 16.6. The largest absolute Gasteiger partial charge is 0.378 e. The SMILES string of the molecule is O=C(c1ncn2c1CCC(C(=O)N1CCOCC1)C2)N1CCCCC1. The predicted octanol–water partition coefficient (Wildman–Crippen LogP) is 0.930. The summed E-state index contributed by atoms with van der Waals surface area (Å²) in [7, 11) is 0. The molecule has 1 aromatic heterocycles. The van der Waals surface area contributed by atoms with Gasteiger partial charge in [-0.1, -0.05) is 0 Å². The van der Waals surface area contributed by atoms with Gasteiger partial charge in [0.1, 0.15) is 5.69 Å². The van der Waals surface area contributed by atoms with Gasteiger partial charge in [-0.05, 0) is 32.1 Å². The van der Waals surface area contributed by atoms with Crippen LogP contribution in [-0.4, -0.2) is 70.6 Å². The molecule has 0 aromatic carbocycles. The smallest absolute Gasteiger partial charge is 0.274 e. The quantitative estimate of drug-likeness (QED) is 0.799. The van der Waals surface area contributed by atoms with Crippen molar-refractivity contribution in [3.63, 3.8) is 0 Å². The Labute approximate surface area is 147 Å². The van der Waals surface area contributed by atoms with Crippen molar-refractivity contribution in [2.45, 2.75) is 38.6 Å². The molecule has 3 aliphatic rings. The number of hydrogen-bond acceptors (Lipinski definition) is 4. The van der Waals surface area contributed by atoms with Crippen molar-refractivity contribution in [2.75, 3.05) is 39.4 Å². The number of hydrogen-bond donors (Lipinski definition) is 0. The van der Waals surface area contributed by atoms with E-state index in [9.17, 15) is 9.59 Å². The Kier molecular flexibility index (Phi) is 4.74. The van der Waals surface area contributed by atoms with Crippen molar-refractivity contribution in [2.24, 2.45) is 5.92 Å². The third kappa shape index (κ3) is 3.29. The Morgan fingerprint density at radius 1 is 1.04 bits per heavy atom. The van der Waals surface area contributed by atoms with Crippen LogP contribution in [0.5, 0.6) is 0 Å². The van der Waals surface area contributed by atoms with Gasteiger partial charge in [0.05, 0.1) is 31.2 Å². The summed E-state index contributed by atoms with van der Waals surface area (Å²) < 4.78 is 7.35. The first-order valence-corrected chi connectivity index (χ1v) is 9.44. The van der Waals surface area contributed by atoms with E-state index in [0.717, 1.165) is 44.5 Å². The zero-order valence-electron chi connectivity index (χ0n) is 14.7. The summed E-state index contributed by atoms with van der Waals surface area (Å²) in [5, 5.41) is 0. The molecule has 7 heteroatoms. The van der Waals surface area contributed by atoms with Gasteiger partial charge in [-0.2, -0.15) is 0 Å². The number of morpholine rings is 1. The molecule has 0 spiro atoms. The molecule has 4 heterocycles. The summed E-state index contributed by atoms with van der Waals surface area (Å²) in [5.41, 5.74) is 1.60. The Bertz CT molecular complexity index is 645. The maximum atomic E-state index is 12.8. The van der Waals surface area contributed by atoms with Gasteiger partial charge in [0.2, 0.25) is 5.91 Å². The molecule has 0 radical (unpaired) electrons. The van der Waals surface area contributed by atoms with E-state index in [4.69, 9.17) is 4.74 Å². The summed E-state index contributed by atoms with van der Waals surface area (Å²) in [6.07, 6.45) is 6.65. The maximum Gasteiger partial charge on any atom is 0.274 e. The van der Waals surface area contributed by atoms with Gasteiger partial charge in [0.15, 0.2) is 0 Å². The van der Waals surface area contributed by atoms with Crippen LogP contribution in [0, 0.1) is 5.92 Å². The van der Waals surface area contributed by atoms with Gasteiger partial charge in [-0.25, -0.2) is 4.98 Å². The summed E-state index contributed by atoms with van der Waals surface area (Å²) in [5.74, 6) is 0.260. The number of piperidine rings is 1. The number of carbonyl (C=O) groups is 2. The summed E-state index contributed by atoms with van der Waals surface area (Å²) in [6, 6.07) is 0. The zero-order chi connectivity index (χ0) is 17.2. The number of aromatic nitrogens is 2. The van der Waals surface area contributed by atoms with Crippen molar-refractivity contribution < 1.29 is 14.3 Å². The topological polar surface area (TPSA) is 67.7 Å². The molecule has 3 aliphatic heterocycles. The Morgan fingerprint density at radius 3 is 2.56 bits per heavy atom. The lowest BCUT2D eigenvalue weighted by atomic mass is 9.95. The molecule has 4 rings (SSSR count). The highest BCUT2D eigenvalue weighted by Crippen LogP contribution is 2.25. The standard InChI is InChI=1S/C18H26N4O3/c23-17(21-8-10-25-11-9-21)14-4-5-15-16(19-13-22(15)12-14)18(24)20-6-2-1-3-7-20/h13-14H,1-12H2. The Hall–Kier alpha value is -1.89. The highest BCUT2D eigenvalue weighted by molar-refractivity contribution is 5.93. The van der Waals surface area contributed by atoms with E-state index in [2.05, 4.69) is 4.98 Å². The minimum atomic E-state index is -0.0160. The molecule has 0 bridgehead atoms. The number of ether oxygens (including phenoxy) is 1. The number of amides is 2. The first-order valence-electron chi connectivity index (χ1n) is 9.44. The molecule has 136 valence electrons. The molecule has 2 saturated heterocycles. The van der Waals surface area contributed by atoms with E-state index in [-0.39, 0.29) is 17.7 Å². The number of nitrogens with zero attached hydrogens (tertiary/aromatic N) is 4. The van der Waals surface area contributed by atoms with Crippen molar-refractivity contribution in [1.29, 1.82) is 0 Å². The van der Waals surface area contributed by atoms with Crippen molar-refractivity contribution >= 4 is 11.8 Å². The molecule has 7 nitrogen and oxygen atoms in total. The van der Waals surface area contributed by atoms with Gasteiger partial charge in [0, 0.05) is 32.7 Å². The Balaban J connectivity index is 1.45. The molecule has 2 amide bonds. The van der Waals surface area contributed by atoms with Crippen LogP contribution in [0.4, 0.5) is 0 Å². The van der Waals surface area contributed by atoms with E-state index in [1.165, 1.54) is 6.42 Å². The molecule has 1 aromatic rings. The normalized spacial score (nSPS) is 24.1. The molecule has 0 saturated carbocycles. The van der Waals surface area contributed by atoms with Crippen LogP contribution in [0.1, 0.15) is 41.9 Å². The average Bonchev–Trinajstić information content (AvgIpc) is 3.11. The summed E-state index contributed by atoms with van der Waals surface area (Å²) in [4.78, 5) is 33.7. The molecule has 0 N–H and O–H groups in total. The fourth-order valence-electron chi connectivity index (χ4n) is 4.14. The van der Waals surface area contributed by atoms with E-state index < -0.39 is 0 Å². The number of fused-ring (bicyclic) bond motifs is 1. The minimum absolute atomic E-state index is 0.0160. The molecule has 2 fully saturated rings. The number of imidazole rings is 1. The van der Waals surface area contributed by atoms with Gasteiger partial charge in [-0.3, -0.25) is 9.59 Å². The van der Waals surface area contributed by atoms with Crippen LogP contribution in [-0.2, 0) is 22.5 Å². The van der Waals surface area contributed by atoms with E-state index in [1.807, 2.05) is 14.4 Å². The molecule has 1 atom stereocenters. The minimum Gasteiger partial charge on any atom is -0.378 e. The van der Waals surface area contributed by atoms with Crippen LogP contribution in [0.2, 0.25) is 0 Å². The average molecular weight is 346 g/mol. The fraction of sp³-hybridized carbons (Fsp3) is 0.722. The molecule has 25 heavy (non-hydrogen) atoms. The van der Waals surface area contributed by atoms with Crippen LogP contribution in [0.25, 0.3) is 0 Å². The number of carbonyl (C=O) groups excluding carboxylic acids is 2. The lowest BCUT2D eigenvalue weighted by Crippen LogP contribution is -2.45. The highest BCUT2D eigenvalue weighted by atomic mass is 16.5. The van der Waals surface area contributed by atoms with E-state index in [0.29, 0.717) is 38.5 Å². The zero-order valence-corrected chi connectivity index (χ0v) is 14.7. The molecular weight excluding hydrogens is 320 g/mol. The fourth-order valence-corrected chi connectivity index (χ4v) is 4.14. The van der Waals surface area contributed by atoms with Gasteiger partial charge in [0.25, 0.3) is 5.91 Å². The van der Waals surface area contributed by atoms with E-state index >= 15 is 0 Å². The first-order chi connectivity index (χ1) is 12.2. The predicted molar refractivity (Wildman–Crippen MR) is 91.2 cm³/mol. The molecule has 1 unspecified atom stereocenters. The molecule has 0 aliphatic carbocycles. The second kappa shape index (κ2) is 7.15. The van der Waals surface area contributed by atoms with Crippen LogP contribution < -0.4 is 0 Å². The Morgan fingerprint density at radius 2 is 1.80 bits per heavy atom. The van der Waals surface area contributed by atoms with Gasteiger partial charge < -0.3 is 19.1 Å². The summed E-state index contributed by atoms with van der Waals surface area (Å²) in [6.45, 7) is 4.93. The van der Waals surface area contributed by atoms with Crippen LogP contribution in [0.15, 0.2) is 6.33 Å². The number of rotatable bonds is 2. The maximum absolute atomic E-state index is 12.8. The second-order valence-corrected chi connectivity index (χ2v) is 7.22. The van der Waals surface area contributed by atoms with Crippen LogP contribution >= 0.6 is 0 Å². The lowest BCUT2D eigenvalue weighted by molar-refractivity contribution is -0.140. The lowest BCUT2D eigenvalue weighted by Gasteiger charge is -2.32. The van der Waals surface area contributed by atoms with Crippen molar-refractivity contribution in [3.8, 4) is 0 Å². The van der Waals surface area contributed by atoms with E-state index in [1.54, 1.807) is 6.33 Å². The number of likely N-dealkylation sites (tertiary alicyclic amines) is 1.